The number of benzene rings is 3. The van der Waals surface area contributed by atoms with E-state index in [2.05, 4.69) is 10.6 Å². The topological polar surface area (TPSA) is 101 Å². The number of hydrogen-bond donors (Lipinski definition) is 3. The number of amides is 3. The number of fused-ring (bicyclic) bond motifs is 1. The molecule has 30 heavy (non-hydrogen) atoms. The van der Waals surface area contributed by atoms with Crippen molar-refractivity contribution in [1.82, 2.24) is 10.6 Å². The van der Waals surface area contributed by atoms with Gasteiger partial charge in [-0.05, 0) is 48.4 Å². The largest absolute Gasteiger partial charge is 0.370 e. The maximum absolute atomic E-state index is 13.0. The molecule has 0 fully saturated rings. The molecule has 3 rings (SSSR count). The number of hydrogen-bond acceptors (Lipinski definition) is 3. The predicted molar refractivity (Wildman–Crippen MR) is 117 cm³/mol. The van der Waals surface area contributed by atoms with Gasteiger partial charge in [0.05, 0.1) is 12.5 Å². The lowest BCUT2D eigenvalue weighted by Crippen LogP contribution is -2.55. The third-order valence-corrected chi connectivity index (χ3v) is 4.92. The summed E-state index contributed by atoms with van der Waals surface area (Å²) in [4.78, 5) is 37.1. The van der Waals surface area contributed by atoms with Crippen molar-refractivity contribution >= 4 is 28.5 Å². The highest BCUT2D eigenvalue weighted by atomic mass is 16.2. The van der Waals surface area contributed by atoms with Gasteiger partial charge in [-0.2, -0.15) is 0 Å². The van der Waals surface area contributed by atoms with E-state index in [1.54, 1.807) is 38.1 Å². The van der Waals surface area contributed by atoms with Crippen LogP contribution in [0.5, 0.6) is 0 Å². The standard InChI is InChI=1S/C24H25N3O3/c1-24(2,27-22(29)17-9-4-3-5-10-17)23(30)26-20(15-21(25)28)19-13-12-16-8-6-7-11-18(16)14-19/h3-14,20H,15H2,1-2H3,(H2,25,28)(H,26,30)(H,27,29). The number of carbonyl (C=O) groups excluding carboxylic acids is 3. The van der Waals surface area contributed by atoms with Gasteiger partial charge in [0.25, 0.3) is 5.91 Å². The summed E-state index contributed by atoms with van der Waals surface area (Å²) in [5.74, 6) is -1.29. The highest BCUT2D eigenvalue weighted by molar-refractivity contribution is 5.99. The first-order valence-electron chi connectivity index (χ1n) is 9.72. The quantitative estimate of drug-likeness (QED) is 0.565. The van der Waals surface area contributed by atoms with Gasteiger partial charge >= 0.3 is 0 Å². The number of nitrogens with one attached hydrogen (secondary N) is 2. The third kappa shape index (κ3) is 5.03. The predicted octanol–water partition coefficient (Wildman–Crippen LogP) is 3.08. The van der Waals surface area contributed by atoms with Crippen molar-refractivity contribution < 1.29 is 14.4 Å². The minimum absolute atomic E-state index is 0.0488. The van der Waals surface area contributed by atoms with Crippen molar-refractivity contribution in [3.63, 3.8) is 0 Å². The average molecular weight is 403 g/mol. The first-order valence-corrected chi connectivity index (χ1v) is 9.72. The van der Waals surface area contributed by atoms with Crippen molar-refractivity contribution in [3.05, 3.63) is 83.9 Å². The Bertz CT molecular complexity index is 1080. The van der Waals surface area contributed by atoms with Gasteiger partial charge in [-0.15, -0.1) is 0 Å². The molecule has 4 N–H and O–H groups in total. The van der Waals surface area contributed by atoms with Crippen LogP contribution in [0.2, 0.25) is 0 Å². The second-order valence-electron chi connectivity index (χ2n) is 7.75. The molecular formula is C24H25N3O3. The number of primary amides is 1. The summed E-state index contributed by atoms with van der Waals surface area (Å²) < 4.78 is 0. The molecule has 0 heterocycles. The lowest BCUT2D eigenvalue weighted by Gasteiger charge is -2.28. The molecule has 3 aromatic rings. The van der Waals surface area contributed by atoms with Gasteiger partial charge in [-0.3, -0.25) is 14.4 Å². The molecule has 0 bridgehead atoms. The molecule has 0 saturated carbocycles. The van der Waals surface area contributed by atoms with Crippen LogP contribution in [0.1, 0.15) is 42.2 Å². The Hall–Kier alpha value is -3.67. The van der Waals surface area contributed by atoms with Gasteiger partial charge in [0, 0.05) is 5.56 Å². The summed E-state index contributed by atoms with van der Waals surface area (Å²) in [7, 11) is 0. The first-order chi connectivity index (χ1) is 14.3. The monoisotopic (exact) mass is 403 g/mol. The van der Waals surface area contributed by atoms with Crippen LogP contribution in [-0.2, 0) is 9.59 Å². The molecule has 1 unspecified atom stereocenters. The van der Waals surface area contributed by atoms with Crippen molar-refractivity contribution in [2.45, 2.75) is 31.8 Å². The fourth-order valence-electron chi connectivity index (χ4n) is 3.22. The fourth-order valence-corrected chi connectivity index (χ4v) is 3.22. The highest BCUT2D eigenvalue weighted by Gasteiger charge is 2.32. The van der Waals surface area contributed by atoms with Crippen LogP contribution in [0.3, 0.4) is 0 Å². The molecule has 0 spiro atoms. The van der Waals surface area contributed by atoms with E-state index in [1.807, 2.05) is 48.5 Å². The van der Waals surface area contributed by atoms with Crippen LogP contribution >= 0.6 is 0 Å². The zero-order valence-electron chi connectivity index (χ0n) is 17.0. The smallest absolute Gasteiger partial charge is 0.252 e. The van der Waals surface area contributed by atoms with Gasteiger partial charge in [0.15, 0.2) is 0 Å². The Labute approximate surface area is 175 Å². The van der Waals surface area contributed by atoms with E-state index < -0.39 is 23.4 Å². The summed E-state index contributed by atoms with van der Waals surface area (Å²) in [5.41, 5.74) is 5.46. The molecule has 6 nitrogen and oxygen atoms in total. The molecule has 0 aliphatic rings. The molecule has 3 aromatic carbocycles. The van der Waals surface area contributed by atoms with Crippen molar-refractivity contribution in [3.8, 4) is 0 Å². The van der Waals surface area contributed by atoms with Crippen molar-refractivity contribution in [2.75, 3.05) is 0 Å². The maximum atomic E-state index is 13.0. The summed E-state index contributed by atoms with van der Waals surface area (Å²) in [6.45, 7) is 3.23. The van der Waals surface area contributed by atoms with Crippen LogP contribution < -0.4 is 16.4 Å². The maximum Gasteiger partial charge on any atom is 0.252 e. The Morgan fingerprint density at radius 1 is 0.900 bits per heavy atom. The Balaban J connectivity index is 1.80. The third-order valence-electron chi connectivity index (χ3n) is 4.92. The van der Waals surface area contributed by atoms with Crippen LogP contribution in [0.25, 0.3) is 10.8 Å². The van der Waals surface area contributed by atoms with Crippen LogP contribution in [-0.4, -0.2) is 23.3 Å². The van der Waals surface area contributed by atoms with E-state index in [1.165, 1.54) is 0 Å². The zero-order valence-corrected chi connectivity index (χ0v) is 17.0. The van der Waals surface area contributed by atoms with E-state index in [0.29, 0.717) is 5.56 Å². The molecule has 1 atom stereocenters. The molecule has 154 valence electrons. The molecule has 6 heteroatoms. The second-order valence-corrected chi connectivity index (χ2v) is 7.75. The van der Waals surface area contributed by atoms with Crippen LogP contribution in [0.15, 0.2) is 72.8 Å². The summed E-state index contributed by atoms with van der Waals surface area (Å²) in [6.07, 6.45) is -0.0488. The van der Waals surface area contributed by atoms with Gasteiger partial charge in [-0.1, -0.05) is 54.6 Å². The lowest BCUT2D eigenvalue weighted by atomic mass is 9.97. The lowest BCUT2D eigenvalue weighted by molar-refractivity contribution is -0.127. The molecular weight excluding hydrogens is 378 g/mol. The fraction of sp³-hybridized carbons (Fsp3) is 0.208. The van der Waals surface area contributed by atoms with E-state index in [4.69, 9.17) is 5.73 Å². The Kier molecular flexibility index (Phi) is 6.16. The van der Waals surface area contributed by atoms with Gasteiger partial charge in [0.1, 0.15) is 5.54 Å². The molecule has 0 saturated heterocycles. The highest BCUT2D eigenvalue weighted by Crippen LogP contribution is 2.23. The van der Waals surface area contributed by atoms with Gasteiger partial charge < -0.3 is 16.4 Å². The zero-order chi connectivity index (χ0) is 21.7. The van der Waals surface area contributed by atoms with E-state index in [-0.39, 0.29) is 12.3 Å². The molecule has 0 radical (unpaired) electrons. The van der Waals surface area contributed by atoms with Crippen LogP contribution in [0, 0.1) is 0 Å². The van der Waals surface area contributed by atoms with Crippen LogP contribution in [0.4, 0.5) is 0 Å². The Morgan fingerprint density at radius 2 is 1.53 bits per heavy atom. The minimum Gasteiger partial charge on any atom is -0.370 e. The summed E-state index contributed by atoms with van der Waals surface area (Å²) >= 11 is 0. The van der Waals surface area contributed by atoms with E-state index in [0.717, 1.165) is 16.3 Å². The first kappa shape index (κ1) is 21.0. The molecule has 0 aliphatic carbocycles. The molecule has 3 amide bonds. The van der Waals surface area contributed by atoms with Gasteiger partial charge in [-0.25, -0.2) is 0 Å². The normalized spacial score (nSPS) is 12.2. The van der Waals surface area contributed by atoms with E-state index in [9.17, 15) is 14.4 Å². The summed E-state index contributed by atoms with van der Waals surface area (Å²) in [6, 6.07) is 21.6. The minimum atomic E-state index is -1.19. The van der Waals surface area contributed by atoms with E-state index >= 15 is 0 Å². The van der Waals surface area contributed by atoms with Gasteiger partial charge in [0.2, 0.25) is 11.8 Å². The van der Waals surface area contributed by atoms with Crippen molar-refractivity contribution in [2.24, 2.45) is 5.73 Å². The molecule has 0 aliphatic heterocycles. The average Bonchev–Trinajstić information content (AvgIpc) is 2.72. The number of nitrogens with two attached hydrogens (primary N) is 1. The molecule has 0 aromatic heterocycles. The summed E-state index contributed by atoms with van der Waals surface area (Å²) in [5, 5.41) is 7.67. The number of carbonyl (C=O) groups is 3. The Morgan fingerprint density at radius 3 is 2.20 bits per heavy atom. The second kappa shape index (κ2) is 8.78. The SMILES string of the molecule is CC(C)(NC(=O)c1ccccc1)C(=O)NC(CC(N)=O)c1ccc2ccccc2c1. The van der Waals surface area contributed by atoms with Crippen molar-refractivity contribution in [1.29, 1.82) is 0 Å². The number of rotatable bonds is 7.